The summed E-state index contributed by atoms with van der Waals surface area (Å²) in [5.74, 6) is 0. The molecule has 0 amide bonds. The van der Waals surface area contributed by atoms with Crippen LogP contribution in [-0.2, 0) is 0 Å². The Morgan fingerprint density at radius 3 is 2.50 bits per heavy atom. The van der Waals surface area contributed by atoms with Crippen molar-refractivity contribution in [2.24, 2.45) is 0 Å². The molecule has 0 radical (unpaired) electrons. The van der Waals surface area contributed by atoms with Crippen LogP contribution in [0.15, 0.2) is 41.3 Å². The van der Waals surface area contributed by atoms with Crippen LogP contribution in [0.4, 0.5) is 5.69 Å². The first-order chi connectivity index (χ1) is 7.85. The molecular weight excluding hydrogens is 261 g/mol. The molecule has 0 spiro atoms. The fourth-order valence-corrected chi connectivity index (χ4v) is 3.41. The molecule has 2 heteroatoms. The van der Waals surface area contributed by atoms with Gasteiger partial charge in [-0.05, 0) is 0 Å². The van der Waals surface area contributed by atoms with E-state index in [1.807, 2.05) is 0 Å². The van der Waals surface area contributed by atoms with Gasteiger partial charge in [0, 0.05) is 0 Å². The first kappa shape index (κ1) is 11.5. The summed E-state index contributed by atoms with van der Waals surface area (Å²) in [6.07, 6.45) is 0. The van der Waals surface area contributed by atoms with Crippen molar-refractivity contribution < 1.29 is 0 Å². The molecule has 1 aromatic carbocycles. The van der Waals surface area contributed by atoms with E-state index < -0.39 is 0 Å². The van der Waals surface area contributed by atoms with Crippen molar-refractivity contribution in [3.8, 4) is 10.0 Å². The van der Waals surface area contributed by atoms with E-state index in [1.165, 1.54) is 15.7 Å². The molecule has 0 bridgehead atoms. The quantitative estimate of drug-likeness (QED) is 0.776. The Kier molecular flexibility index (Phi) is 3.87. The summed E-state index contributed by atoms with van der Waals surface area (Å²) in [7, 11) is 0. The Balaban J connectivity index is 2.33. The average Bonchev–Trinajstić information content (AvgIpc) is 2.85. The number of hydrogen-bond donors (Lipinski definition) is 0. The standard InChI is InChI=1S/C14H17NSe/c1-3-15(4-2)13-8-5-7-12(11-13)14-9-6-10-16-14/h5-11H,3-4H2,1-2H3. The van der Waals surface area contributed by atoms with Gasteiger partial charge in [-0.15, -0.1) is 0 Å². The number of rotatable bonds is 4. The fraction of sp³-hybridized carbons (Fsp3) is 0.286. The van der Waals surface area contributed by atoms with Gasteiger partial charge in [-0.1, -0.05) is 0 Å². The summed E-state index contributed by atoms with van der Waals surface area (Å²) in [6, 6.07) is 13.3. The third-order valence-electron chi connectivity index (χ3n) is 2.78. The van der Waals surface area contributed by atoms with Crippen LogP contribution >= 0.6 is 0 Å². The second kappa shape index (κ2) is 5.38. The van der Waals surface area contributed by atoms with Crippen LogP contribution in [0.2, 0.25) is 0 Å². The van der Waals surface area contributed by atoms with Gasteiger partial charge in [0.25, 0.3) is 0 Å². The van der Waals surface area contributed by atoms with Crippen LogP contribution in [0.25, 0.3) is 10.0 Å². The second-order valence-corrected chi connectivity index (χ2v) is 5.69. The zero-order valence-corrected chi connectivity index (χ0v) is 11.5. The summed E-state index contributed by atoms with van der Waals surface area (Å²) >= 11 is 0.530. The first-order valence-electron chi connectivity index (χ1n) is 5.74. The Morgan fingerprint density at radius 2 is 1.88 bits per heavy atom. The van der Waals surface area contributed by atoms with Crippen molar-refractivity contribution in [1.29, 1.82) is 0 Å². The van der Waals surface area contributed by atoms with E-state index >= 15 is 0 Å². The van der Waals surface area contributed by atoms with Gasteiger partial charge >= 0.3 is 103 Å². The molecule has 0 N–H and O–H groups in total. The van der Waals surface area contributed by atoms with Crippen molar-refractivity contribution >= 4 is 20.2 Å². The predicted octanol–water partition coefficient (Wildman–Crippen LogP) is 3.26. The van der Waals surface area contributed by atoms with Crippen molar-refractivity contribution in [2.75, 3.05) is 18.0 Å². The Bertz CT molecular complexity index is 430. The molecule has 16 heavy (non-hydrogen) atoms. The molecule has 84 valence electrons. The van der Waals surface area contributed by atoms with Crippen molar-refractivity contribution in [3.63, 3.8) is 0 Å². The van der Waals surface area contributed by atoms with E-state index in [0.29, 0.717) is 14.5 Å². The first-order valence-corrected chi connectivity index (χ1v) is 7.58. The Hall–Kier alpha value is -0.981. The summed E-state index contributed by atoms with van der Waals surface area (Å²) in [5, 5.41) is 0. The molecule has 0 aliphatic heterocycles. The van der Waals surface area contributed by atoms with Crippen molar-refractivity contribution in [3.05, 3.63) is 41.3 Å². The minimum atomic E-state index is 0.530. The molecule has 0 aliphatic carbocycles. The zero-order chi connectivity index (χ0) is 11.4. The molecule has 1 aromatic heterocycles. The van der Waals surface area contributed by atoms with Crippen LogP contribution in [0, 0.1) is 0 Å². The van der Waals surface area contributed by atoms with Gasteiger partial charge in [0.05, 0.1) is 0 Å². The number of hydrogen-bond acceptors (Lipinski definition) is 1. The van der Waals surface area contributed by atoms with Crippen LogP contribution in [-0.4, -0.2) is 27.6 Å². The van der Waals surface area contributed by atoms with E-state index in [2.05, 4.69) is 60.1 Å². The van der Waals surface area contributed by atoms with Crippen LogP contribution in [0.1, 0.15) is 13.8 Å². The van der Waals surface area contributed by atoms with Crippen molar-refractivity contribution in [2.45, 2.75) is 13.8 Å². The molecule has 0 unspecified atom stereocenters. The molecular formula is C14H17NSe. The summed E-state index contributed by atoms with van der Waals surface area (Å²) in [6.45, 7) is 6.55. The Morgan fingerprint density at radius 1 is 1.06 bits per heavy atom. The topological polar surface area (TPSA) is 3.24 Å². The summed E-state index contributed by atoms with van der Waals surface area (Å²) in [4.78, 5) is 4.66. The summed E-state index contributed by atoms with van der Waals surface area (Å²) < 4.78 is 1.49. The Labute approximate surface area is 103 Å². The van der Waals surface area contributed by atoms with E-state index in [4.69, 9.17) is 0 Å². The molecule has 1 nitrogen and oxygen atoms in total. The van der Waals surface area contributed by atoms with Gasteiger partial charge in [0.2, 0.25) is 0 Å². The SMILES string of the molecule is CCN(CC)c1cccc(-c2ccc[se]2)c1. The van der Waals surface area contributed by atoms with Gasteiger partial charge in [-0.3, -0.25) is 0 Å². The van der Waals surface area contributed by atoms with E-state index in [0.717, 1.165) is 13.1 Å². The van der Waals surface area contributed by atoms with E-state index in [1.54, 1.807) is 0 Å². The predicted molar refractivity (Wildman–Crippen MR) is 72.4 cm³/mol. The third kappa shape index (κ3) is 2.40. The minimum absolute atomic E-state index is 0.530. The van der Waals surface area contributed by atoms with Gasteiger partial charge in [-0.2, -0.15) is 0 Å². The molecule has 2 aromatic rings. The van der Waals surface area contributed by atoms with Crippen LogP contribution in [0.5, 0.6) is 0 Å². The summed E-state index contributed by atoms with van der Waals surface area (Å²) in [5.41, 5.74) is 2.72. The number of benzene rings is 1. The van der Waals surface area contributed by atoms with Gasteiger partial charge < -0.3 is 0 Å². The fourth-order valence-electron chi connectivity index (χ4n) is 1.89. The molecule has 0 saturated carbocycles. The van der Waals surface area contributed by atoms with E-state index in [9.17, 15) is 0 Å². The maximum absolute atomic E-state index is 2.39. The van der Waals surface area contributed by atoms with Gasteiger partial charge in [0.1, 0.15) is 0 Å². The third-order valence-corrected chi connectivity index (χ3v) is 4.71. The van der Waals surface area contributed by atoms with E-state index in [-0.39, 0.29) is 0 Å². The zero-order valence-electron chi connectivity index (χ0n) is 9.81. The monoisotopic (exact) mass is 279 g/mol. The van der Waals surface area contributed by atoms with Crippen LogP contribution in [0.3, 0.4) is 0 Å². The number of anilines is 1. The molecule has 0 fully saturated rings. The second-order valence-electron chi connectivity index (χ2n) is 3.70. The van der Waals surface area contributed by atoms with Crippen molar-refractivity contribution in [1.82, 2.24) is 0 Å². The van der Waals surface area contributed by atoms with Gasteiger partial charge in [0.15, 0.2) is 0 Å². The molecule has 0 atom stereocenters. The van der Waals surface area contributed by atoms with Crippen LogP contribution < -0.4 is 4.90 Å². The molecule has 0 saturated heterocycles. The molecule has 0 aliphatic rings. The number of nitrogens with zero attached hydrogens (tertiary/aromatic N) is 1. The average molecular weight is 278 g/mol. The normalized spacial score (nSPS) is 10.4. The molecule has 1 heterocycles. The molecule has 2 rings (SSSR count). The van der Waals surface area contributed by atoms with Gasteiger partial charge in [-0.25, -0.2) is 0 Å². The maximum atomic E-state index is 2.39.